The number of nitrogens with zero attached hydrogens (tertiary/aromatic N) is 3. The maximum atomic E-state index is 10.7. The van der Waals surface area contributed by atoms with E-state index >= 15 is 0 Å². The minimum absolute atomic E-state index is 0.478. The normalized spacial score (nSPS) is 13.1. The van der Waals surface area contributed by atoms with Crippen molar-refractivity contribution in [3.05, 3.63) is 53.9 Å². The topological polar surface area (TPSA) is 60.2 Å². The molecule has 0 saturated carbocycles. The third-order valence-corrected chi connectivity index (χ3v) is 4.25. The van der Waals surface area contributed by atoms with E-state index in [9.17, 15) is 5.21 Å². The molecule has 0 bridgehead atoms. The molecule has 1 N–H and O–H groups in total. The van der Waals surface area contributed by atoms with Crippen LogP contribution in [0.15, 0.2) is 42.6 Å². The Bertz CT molecular complexity index is 856. The number of rotatable bonds is 2. The summed E-state index contributed by atoms with van der Waals surface area (Å²) >= 11 is 0. The highest BCUT2D eigenvalue weighted by molar-refractivity contribution is 5.72. The van der Waals surface area contributed by atoms with Gasteiger partial charge in [0, 0.05) is 11.8 Å². The molecule has 116 valence electrons. The number of imidazole rings is 1. The monoisotopic (exact) mass is 307 g/mol. The van der Waals surface area contributed by atoms with Crippen molar-refractivity contribution in [2.75, 3.05) is 7.11 Å². The molecule has 2 aromatic heterocycles. The van der Waals surface area contributed by atoms with E-state index < -0.39 is 0 Å². The number of methoxy groups -OCH3 is 1. The molecule has 4 rings (SSSR count). The molecule has 0 fully saturated rings. The number of ether oxygens (including phenoxy) is 1. The molecule has 3 aromatic rings. The first-order chi connectivity index (χ1) is 11.3. The van der Waals surface area contributed by atoms with Crippen LogP contribution in [-0.2, 0) is 12.8 Å². The van der Waals surface area contributed by atoms with Gasteiger partial charge in [-0.2, -0.15) is 4.73 Å². The summed E-state index contributed by atoms with van der Waals surface area (Å²) in [5, 5.41) is 10.7. The number of aromatic nitrogens is 3. The Balaban J connectivity index is 1.94. The van der Waals surface area contributed by atoms with Gasteiger partial charge in [-0.3, -0.25) is 4.98 Å². The van der Waals surface area contributed by atoms with Gasteiger partial charge in [0.25, 0.3) is 0 Å². The lowest BCUT2D eigenvalue weighted by Crippen LogP contribution is -2.00. The second-order valence-electron chi connectivity index (χ2n) is 5.63. The van der Waals surface area contributed by atoms with Crippen LogP contribution in [0.25, 0.3) is 22.8 Å². The Morgan fingerprint density at radius 3 is 2.87 bits per heavy atom. The van der Waals surface area contributed by atoms with Crippen LogP contribution in [0.3, 0.4) is 0 Å². The fourth-order valence-electron chi connectivity index (χ4n) is 3.13. The predicted octanol–water partition coefficient (Wildman–Crippen LogP) is 3.35. The molecule has 0 atom stereocenters. The Kier molecular flexibility index (Phi) is 3.26. The summed E-state index contributed by atoms with van der Waals surface area (Å²) in [6, 6.07) is 11.6. The van der Waals surface area contributed by atoms with Crippen LogP contribution in [0.1, 0.15) is 17.7 Å². The largest absolute Gasteiger partial charge is 0.497 e. The van der Waals surface area contributed by atoms with Gasteiger partial charge in [-0.25, -0.2) is 4.98 Å². The zero-order chi connectivity index (χ0) is 15.8. The third-order valence-electron chi connectivity index (χ3n) is 4.25. The highest BCUT2D eigenvalue weighted by Gasteiger charge is 2.24. The van der Waals surface area contributed by atoms with Crippen molar-refractivity contribution < 1.29 is 9.94 Å². The van der Waals surface area contributed by atoms with Crippen molar-refractivity contribution in [2.24, 2.45) is 0 Å². The number of aryl methyl sites for hydroxylation is 2. The average molecular weight is 307 g/mol. The molecule has 0 saturated heterocycles. The van der Waals surface area contributed by atoms with Crippen LogP contribution in [0, 0.1) is 0 Å². The van der Waals surface area contributed by atoms with Gasteiger partial charge in [-0.1, -0.05) is 12.1 Å². The lowest BCUT2D eigenvalue weighted by atomic mass is 10.0. The second-order valence-corrected chi connectivity index (χ2v) is 5.63. The molecule has 0 spiro atoms. The Morgan fingerprint density at radius 2 is 2.09 bits per heavy atom. The van der Waals surface area contributed by atoms with Crippen LogP contribution in [0.4, 0.5) is 0 Å². The molecule has 0 radical (unpaired) electrons. The van der Waals surface area contributed by atoms with E-state index in [0.29, 0.717) is 11.5 Å². The number of pyridine rings is 1. The summed E-state index contributed by atoms with van der Waals surface area (Å²) in [5.74, 6) is 1.25. The van der Waals surface area contributed by atoms with Crippen LogP contribution >= 0.6 is 0 Å². The minimum atomic E-state index is 0.478. The van der Waals surface area contributed by atoms with Crippen molar-refractivity contribution in [1.82, 2.24) is 14.7 Å². The zero-order valence-electron chi connectivity index (χ0n) is 12.9. The van der Waals surface area contributed by atoms with Crippen molar-refractivity contribution in [2.45, 2.75) is 19.3 Å². The van der Waals surface area contributed by atoms with Gasteiger partial charge in [0.1, 0.15) is 17.1 Å². The van der Waals surface area contributed by atoms with Crippen LogP contribution in [0.5, 0.6) is 5.75 Å². The third kappa shape index (κ3) is 2.25. The second kappa shape index (κ2) is 5.43. The lowest BCUT2D eigenvalue weighted by molar-refractivity contribution is 0.195. The maximum absolute atomic E-state index is 10.7. The molecule has 1 aliphatic rings. The molecular formula is C18H17N3O2. The maximum Gasteiger partial charge on any atom is 0.194 e. The van der Waals surface area contributed by atoms with Gasteiger partial charge < -0.3 is 9.94 Å². The highest BCUT2D eigenvalue weighted by Crippen LogP contribution is 2.36. The molecule has 1 aliphatic carbocycles. The molecule has 1 aromatic carbocycles. The Morgan fingerprint density at radius 1 is 1.17 bits per heavy atom. The molecule has 0 amide bonds. The highest BCUT2D eigenvalue weighted by atomic mass is 16.5. The van der Waals surface area contributed by atoms with Crippen molar-refractivity contribution in [1.29, 1.82) is 0 Å². The first-order valence-corrected chi connectivity index (χ1v) is 7.67. The van der Waals surface area contributed by atoms with Crippen LogP contribution in [0.2, 0.25) is 0 Å². The standard InChI is InChI=1S/C18H17N3O2/c1-23-13-9-8-12-5-4-7-15-17(14(12)11-13)21(22)18(20-15)16-6-2-3-10-19-16/h2-3,6,8-11,22H,4-5,7H2,1H3. The van der Waals surface area contributed by atoms with Gasteiger partial charge in [0.2, 0.25) is 0 Å². The van der Waals surface area contributed by atoms with E-state index in [-0.39, 0.29) is 0 Å². The summed E-state index contributed by atoms with van der Waals surface area (Å²) in [4.78, 5) is 8.94. The Hall–Kier alpha value is -2.82. The van der Waals surface area contributed by atoms with E-state index in [2.05, 4.69) is 16.0 Å². The molecule has 23 heavy (non-hydrogen) atoms. The van der Waals surface area contributed by atoms with Crippen molar-refractivity contribution >= 4 is 0 Å². The van der Waals surface area contributed by atoms with Gasteiger partial charge in [-0.15, -0.1) is 0 Å². The summed E-state index contributed by atoms with van der Waals surface area (Å²) in [5.41, 5.74) is 4.49. The molecular weight excluding hydrogens is 290 g/mol. The predicted molar refractivity (Wildman–Crippen MR) is 86.7 cm³/mol. The molecule has 0 unspecified atom stereocenters. The summed E-state index contributed by atoms with van der Waals surface area (Å²) < 4.78 is 6.51. The first kappa shape index (κ1) is 13.8. The fraction of sp³-hybridized carbons (Fsp3) is 0.222. The number of fused-ring (bicyclic) bond motifs is 3. The quantitative estimate of drug-likeness (QED) is 0.738. The van der Waals surface area contributed by atoms with Gasteiger partial charge in [-0.05, 0) is 49.1 Å². The van der Waals surface area contributed by atoms with E-state index in [0.717, 1.165) is 42.0 Å². The van der Waals surface area contributed by atoms with E-state index in [1.807, 2.05) is 30.3 Å². The van der Waals surface area contributed by atoms with E-state index in [1.54, 1.807) is 13.3 Å². The Labute approximate surface area is 134 Å². The summed E-state index contributed by atoms with van der Waals surface area (Å²) in [7, 11) is 1.65. The smallest absolute Gasteiger partial charge is 0.194 e. The van der Waals surface area contributed by atoms with E-state index in [1.165, 1.54) is 10.3 Å². The van der Waals surface area contributed by atoms with Crippen LogP contribution in [-0.4, -0.2) is 27.0 Å². The van der Waals surface area contributed by atoms with Gasteiger partial charge in [0.15, 0.2) is 5.82 Å². The zero-order valence-corrected chi connectivity index (χ0v) is 12.9. The molecule has 0 aliphatic heterocycles. The number of hydrogen-bond acceptors (Lipinski definition) is 4. The first-order valence-electron chi connectivity index (χ1n) is 7.67. The van der Waals surface area contributed by atoms with Crippen molar-refractivity contribution in [3.8, 4) is 28.5 Å². The fourth-order valence-corrected chi connectivity index (χ4v) is 3.13. The van der Waals surface area contributed by atoms with E-state index in [4.69, 9.17) is 4.74 Å². The van der Waals surface area contributed by atoms with Crippen LogP contribution < -0.4 is 4.74 Å². The molecule has 5 nitrogen and oxygen atoms in total. The van der Waals surface area contributed by atoms with Crippen molar-refractivity contribution in [3.63, 3.8) is 0 Å². The SMILES string of the molecule is COc1ccc2c(c1)-c1c(nc(-c3ccccn3)n1O)CCC2. The molecule has 5 heteroatoms. The molecule has 2 heterocycles. The number of hydrogen-bond donors (Lipinski definition) is 1. The summed E-state index contributed by atoms with van der Waals surface area (Å²) in [6.45, 7) is 0. The van der Waals surface area contributed by atoms with Gasteiger partial charge >= 0.3 is 0 Å². The lowest BCUT2D eigenvalue weighted by Gasteiger charge is -2.10. The summed E-state index contributed by atoms with van der Waals surface area (Å²) in [6.07, 6.45) is 4.51. The minimum Gasteiger partial charge on any atom is -0.497 e. The number of benzene rings is 1. The average Bonchev–Trinajstić information content (AvgIpc) is 2.81. The van der Waals surface area contributed by atoms with Gasteiger partial charge in [0.05, 0.1) is 12.8 Å².